The summed E-state index contributed by atoms with van der Waals surface area (Å²) in [7, 11) is 1.29. The second kappa shape index (κ2) is 65.7. The van der Waals surface area contributed by atoms with E-state index in [9.17, 15) is 19.4 Å². The number of phosphoric ester groups is 1. The first-order valence-electron chi connectivity index (χ1n) is 37.6. The minimum atomic E-state index is -4.60. The van der Waals surface area contributed by atoms with E-state index in [4.69, 9.17) is 9.05 Å². The normalized spacial score (nSPS) is 13.6. The van der Waals surface area contributed by atoms with Gasteiger partial charge in [0.25, 0.3) is 7.82 Å². The van der Waals surface area contributed by atoms with E-state index in [1.165, 1.54) is 347 Å². The summed E-state index contributed by atoms with van der Waals surface area (Å²) in [6.45, 7) is 4.73. The van der Waals surface area contributed by atoms with E-state index in [0.29, 0.717) is 17.4 Å². The van der Waals surface area contributed by atoms with E-state index < -0.39 is 20.0 Å². The fourth-order valence-electron chi connectivity index (χ4n) is 11.9. The lowest BCUT2D eigenvalue weighted by molar-refractivity contribution is -0.870. The number of nitrogens with zero attached hydrogens (tertiary/aromatic N) is 1. The summed E-state index contributed by atoms with van der Waals surface area (Å²) in [5.41, 5.74) is 0. The van der Waals surface area contributed by atoms with E-state index in [1.54, 1.807) is 6.08 Å². The molecule has 8 nitrogen and oxygen atoms in total. The Labute approximate surface area is 520 Å². The van der Waals surface area contributed by atoms with Gasteiger partial charge in [-0.15, -0.1) is 0 Å². The highest BCUT2D eigenvalue weighted by Gasteiger charge is 2.23. The molecule has 0 aliphatic heterocycles. The lowest BCUT2D eigenvalue weighted by Crippen LogP contribution is -2.45. The summed E-state index contributed by atoms with van der Waals surface area (Å²) in [6.07, 6.45) is 85.0. The van der Waals surface area contributed by atoms with Crippen molar-refractivity contribution in [1.82, 2.24) is 5.32 Å². The maximum Gasteiger partial charge on any atom is 0.268 e. The van der Waals surface area contributed by atoms with E-state index in [0.717, 1.165) is 38.5 Å². The molecule has 9 heteroatoms. The Hall–Kier alpha value is -0.760. The number of likely N-dealkylation sites (N-methyl/N-ethyl adjacent to an activating group) is 1. The SMILES string of the molecule is CCCCCCCCCCCCCCCCCCCCCCCCCCCCC/C=C/C(O)C(COP(=O)([O-])OCC[N+](C)(C)C)NC(=O)CCCCCCCCCCCCCCCCCCCCCCCCCCCCCCCCCC. The number of carbonyl (C=O) groups excluding carboxylic acids is 1. The molecule has 0 aliphatic rings. The highest BCUT2D eigenvalue weighted by atomic mass is 31.2. The number of hydrogen-bond acceptors (Lipinski definition) is 6. The number of rotatable bonds is 71. The first-order chi connectivity index (χ1) is 40.5. The number of carbonyl (C=O) groups is 1. The third-order valence-corrected chi connectivity index (χ3v) is 18.7. The Morgan fingerprint density at radius 3 is 0.904 bits per heavy atom. The highest BCUT2D eigenvalue weighted by molar-refractivity contribution is 7.45. The van der Waals surface area contributed by atoms with Crippen LogP contribution in [-0.4, -0.2) is 68.5 Å². The number of amides is 1. The number of quaternary nitrogens is 1. The third-order valence-electron chi connectivity index (χ3n) is 17.7. The zero-order valence-corrected chi connectivity index (χ0v) is 57.8. The molecule has 2 N–H and O–H groups in total. The molecule has 0 fully saturated rings. The molecule has 1 amide bonds. The average Bonchev–Trinajstić information content (AvgIpc) is 3.49. The standard InChI is InChI=1S/C74H149N2O6P/c1-6-8-10-12-14-16-18-20-22-24-26-28-30-32-34-36-37-38-40-42-44-46-48-50-52-54-56-58-60-62-64-66-68-74(78)75-72(71-82-83(79,80)81-70-69-76(3,4)5)73(77)67-65-63-61-59-57-55-53-51-49-47-45-43-41-39-35-33-31-29-27-25-23-21-19-17-15-13-11-9-7-2/h65,67,72-73,77H,6-64,66,68-71H2,1-5H3,(H-,75,78,79,80)/b67-65+. The van der Waals surface area contributed by atoms with Crippen LogP contribution in [0.2, 0.25) is 0 Å². The van der Waals surface area contributed by atoms with Gasteiger partial charge in [-0.25, -0.2) is 0 Å². The van der Waals surface area contributed by atoms with Crippen molar-refractivity contribution in [1.29, 1.82) is 0 Å². The molecule has 83 heavy (non-hydrogen) atoms. The largest absolute Gasteiger partial charge is 0.756 e. The molecule has 0 radical (unpaired) electrons. The van der Waals surface area contributed by atoms with Gasteiger partial charge in [0.1, 0.15) is 13.2 Å². The number of aliphatic hydroxyl groups is 1. The Morgan fingerprint density at radius 2 is 0.651 bits per heavy atom. The molecule has 0 aromatic carbocycles. The van der Waals surface area contributed by atoms with Gasteiger partial charge in [-0.05, 0) is 19.3 Å². The van der Waals surface area contributed by atoms with Crippen molar-refractivity contribution in [3.05, 3.63) is 12.2 Å². The third kappa shape index (κ3) is 68.6. The van der Waals surface area contributed by atoms with Crippen LogP contribution in [0.1, 0.15) is 406 Å². The first kappa shape index (κ1) is 82.2. The van der Waals surface area contributed by atoms with Gasteiger partial charge in [0.05, 0.1) is 39.9 Å². The van der Waals surface area contributed by atoms with Gasteiger partial charge >= 0.3 is 0 Å². The van der Waals surface area contributed by atoms with Crippen molar-refractivity contribution in [2.45, 2.75) is 418 Å². The zero-order valence-electron chi connectivity index (χ0n) is 56.9. The van der Waals surface area contributed by atoms with Crippen LogP contribution in [-0.2, 0) is 18.4 Å². The zero-order chi connectivity index (χ0) is 60.5. The Bertz CT molecular complexity index is 1360. The summed E-state index contributed by atoms with van der Waals surface area (Å²) in [5.74, 6) is -0.186. The summed E-state index contributed by atoms with van der Waals surface area (Å²) in [4.78, 5) is 25.7. The van der Waals surface area contributed by atoms with Gasteiger partial charge in [0, 0.05) is 6.42 Å². The minimum absolute atomic E-state index is 0.00310. The van der Waals surface area contributed by atoms with Crippen molar-refractivity contribution in [3.63, 3.8) is 0 Å². The summed E-state index contributed by atoms with van der Waals surface area (Å²) in [5, 5.41) is 14.0. The molecule has 0 aromatic heterocycles. The van der Waals surface area contributed by atoms with Gasteiger partial charge in [-0.2, -0.15) is 0 Å². The number of hydrogen-bond donors (Lipinski definition) is 2. The van der Waals surface area contributed by atoms with E-state index >= 15 is 0 Å². The Balaban J connectivity index is 3.98. The average molecular weight is 1190 g/mol. The lowest BCUT2D eigenvalue weighted by Gasteiger charge is -2.29. The van der Waals surface area contributed by atoms with Crippen LogP contribution in [0.25, 0.3) is 0 Å². The van der Waals surface area contributed by atoms with Crippen molar-refractivity contribution in [2.24, 2.45) is 0 Å². The lowest BCUT2D eigenvalue weighted by atomic mass is 10.0. The first-order valence-corrected chi connectivity index (χ1v) is 39.0. The van der Waals surface area contributed by atoms with E-state index in [-0.39, 0.29) is 19.1 Å². The number of allylic oxidation sites excluding steroid dienone is 1. The maximum atomic E-state index is 13.1. The number of unbranched alkanes of at least 4 members (excludes halogenated alkanes) is 58. The molecule has 496 valence electrons. The fourth-order valence-corrected chi connectivity index (χ4v) is 12.6. The van der Waals surface area contributed by atoms with Crippen LogP contribution in [0.15, 0.2) is 12.2 Å². The van der Waals surface area contributed by atoms with Crippen LogP contribution in [0.5, 0.6) is 0 Å². The van der Waals surface area contributed by atoms with Crippen molar-refractivity contribution >= 4 is 13.7 Å². The molecule has 0 saturated carbocycles. The fraction of sp³-hybridized carbons (Fsp3) is 0.959. The minimum Gasteiger partial charge on any atom is -0.756 e. The molecular formula is C74H149N2O6P. The Morgan fingerprint density at radius 1 is 0.410 bits per heavy atom. The molecule has 0 aromatic rings. The molecule has 0 heterocycles. The molecule has 0 rings (SSSR count). The Kier molecular flexibility index (Phi) is 65.1. The monoisotopic (exact) mass is 1190 g/mol. The van der Waals surface area contributed by atoms with Gasteiger partial charge in [0.2, 0.25) is 5.91 Å². The summed E-state index contributed by atoms with van der Waals surface area (Å²) < 4.78 is 23.5. The molecule has 3 unspecified atom stereocenters. The second-order valence-corrected chi connectivity index (χ2v) is 28.8. The second-order valence-electron chi connectivity index (χ2n) is 27.4. The molecule has 0 saturated heterocycles. The van der Waals surface area contributed by atoms with E-state index in [1.807, 2.05) is 27.2 Å². The van der Waals surface area contributed by atoms with Crippen LogP contribution in [0, 0.1) is 0 Å². The number of nitrogens with one attached hydrogen (secondary N) is 1. The number of aliphatic hydroxyl groups excluding tert-OH is 1. The molecule has 3 atom stereocenters. The molecule has 0 bridgehead atoms. The number of phosphoric acid groups is 1. The van der Waals surface area contributed by atoms with Gasteiger partial charge in [-0.1, -0.05) is 392 Å². The summed E-state index contributed by atoms with van der Waals surface area (Å²) in [6, 6.07) is -0.884. The van der Waals surface area contributed by atoms with Crippen molar-refractivity contribution < 1.29 is 32.9 Å². The van der Waals surface area contributed by atoms with Crippen LogP contribution < -0.4 is 10.2 Å². The van der Waals surface area contributed by atoms with Crippen molar-refractivity contribution in [2.75, 3.05) is 40.9 Å². The summed E-state index contributed by atoms with van der Waals surface area (Å²) >= 11 is 0. The van der Waals surface area contributed by atoms with Gasteiger partial charge < -0.3 is 28.8 Å². The quantitative estimate of drug-likeness (QED) is 0.0272. The van der Waals surface area contributed by atoms with E-state index in [2.05, 4.69) is 19.2 Å². The van der Waals surface area contributed by atoms with Crippen LogP contribution >= 0.6 is 7.82 Å². The van der Waals surface area contributed by atoms with Crippen LogP contribution in [0.3, 0.4) is 0 Å². The smallest absolute Gasteiger partial charge is 0.268 e. The molecule has 0 aliphatic carbocycles. The van der Waals surface area contributed by atoms with Gasteiger partial charge in [-0.3, -0.25) is 9.36 Å². The maximum absolute atomic E-state index is 13.1. The highest BCUT2D eigenvalue weighted by Crippen LogP contribution is 2.38. The van der Waals surface area contributed by atoms with Crippen molar-refractivity contribution in [3.8, 4) is 0 Å². The van der Waals surface area contributed by atoms with Crippen LogP contribution in [0.4, 0.5) is 0 Å². The van der Waals surface area contributed by atoms with Gasteiger partial charge in [0.15, 0.2) is 0 Å². The predicted molar refractivity (Wildman–Crippen MR) is 362 cm³/mol. The predicted octanol–water partition coefficient (Wildman–Crippen LogP) is 23.4. The molecular weight excluding hydrogens is 1040 g/mol. The molecule has 0 spiro atoms. The topological polar surface area (TPSA) is 108 Å².